The van der Waals surface area contributed by atoms with Crippen LogP contribution in [0.15, 0.2) is 24.3 Å². The Balaban J connectivity index is 2.37. The molecular formula is C14H17FIN3. The molecule has 5 heteroatoms. The molecule has 0 saturated heterocycles. The van der Waals surface area contributed by atoms with Crippen molar-refractivity contribution in [2.75, 3.05) is 5.73 Å². The molecule has 102 valence electrons. The first-order chi connectivity index (χ1) is 8.79. The van der Waals surface area contributed by atoms with Gasteiger partial charge in [0, 0.05) is 5.41 Å². The van der Waals surface area contributed by atoms with Crippen LogP contribution in [0.5, 0.6) is 0 Å². The maximum Gasteiger partial charge on any atom is 0.135 e. The first kappa shape index (κ1) is 14.3. The number of rotatable bonds is 2. The third-order valence-corrected chi connectivity index (χ3v) is 3.93. The van der Waals surface area contributed by atoms with Crippen LogP contribution in [0, 0.1) is 9.39 Å². The SMILES string of the molecule is CC(C)(C)c1nn(Cc2cccc(F)c2)c(N)c1I. The standard InChI is InChI=1S/C14H17FIN3/c1-14(2,3)12-11(16)13(17)19(18-12)8-9-5-4-6-10(15)7-9/h4-7H,8,17H2,1-3H3. The number of nitrogen functional groups attached to an aromatic ring is 1. The van der Waals surface area contributed by atoms with Crippen LogP contribution in [0.4, 0.5) is 10.2 Å². The van der Waals surface area contributed by atoms with E-state index in [0.29, 0.717) is 12.4 Å². The van der Waals surface area contributed by atoms with Crippen molar-refractivity contribution in [3.05, 3.63) is 44.9 Å². The lowest BCUT2D eigenvalue weighted by atomic mass is 9.92. The lowest BCUT2D eigenvalue weighted by molar-refractivity contribution is 0.543. The van der Waals surface area contributed by atoms with Gasteiger partial charge in [-0.1, -0.05) is 32.9 Å². The largest absolute Gasteiger partial charge is 0.383 e. The molecule has 0 aliphatic heterocycles. The molecule has 0 radical (unpaired) electrons. The van der Waals surface area contributed by atoms with E-state index in [9.17, 15) is 4.39 Å². The van der Waals surface area contributed by atoms with E-state index in [0.717, 1.165) is 14.8 Å². The van der Waals surface area contributed by atoms with Gasteiger partial charge < -0.3 is 5.73 Å². The Bertz CT molecular complexity index is 599. The summed E-state index contributed by atoms with van der Waals surface area (Å²) in [5, 5.41) is 4.57. The zero-order chi connectivity index (χ0) is 14.2. The summed E-state index contributed by atoms with van der Waals surface area (Å²) >= 11 is 2.22. The highest BCUT2D eigenvalue weighted by atomic mass is 127. The third kappa shape index (κ3) is 3.08. The first-order valence-electron chi connectivity index (χ1n) is 6.06. The molecule has 2 aromatic rings. The molecule has 0 aliphatic rings. The average Bonchev–Trinajstić information content (AvgIpc) is 2.57. The van der Waals surface area contributed by atoms with Crippen molar-refractivity contribution in [2.24, 2.45) is 0 Å². The van der Waals surface area contributed by atoms with E-state index >= 15 is 0 Å². The fourth-order valence-corrected chi connectivity index (χ4v) is 3.06. The Labute approximate surface area is 126 Å². The van der Waals surface area contributed by atoms with Gasteiger partial charge in [0.1, 0.15) is 11.6 Å². The zero-order valence-corrected chi connectivity index (χ0v) is 13.4. The molecule has 1 heterocycles. The average molecular weight is 373 g/mol. The Morgan fingerprint density at radius 2 is 2.05 bits per heavy atom. The van der Waals surface area contributed by atoms with Gasteiger partial charge in [0.25, 0.3) is 0 Å². The van der Waals surface area contributed by atoms with Crippen LogP contribution < -0.4 is 5.73 Å². The van der Waals surface area contributed by atoms with Crippen molar-refractivity contribution >= 4 is 28.4 Å². The quantitative estimate of drug-likeness (QED) is 0.819. The number of hydrogen-bond donors (Lipinski definition) is 1. The topological polar surface area (TPSA) is 43.8 Å². The summed E-state index contributed by atoms with van der Waals surface area (Å²) in [6.07, 6.45) is 0. The van der Waals surface area contributed by atoms with Crippen LogP contribution in [0.25, 0.3) is 0 Å². The second-order valence-corrected chi connectivity index (χ2v) is 6.66. The molecule has 0 atom stereocenters. The fourth-order valence-electron chi connectivity index (χ4n) is 1.86. The minimum Gasteiger partial charge on any atom is -0.383 e. The van der Waals surface area contributed by atoms with Gasteiger partial charge in [-0.05, 0) is 40.3 Å². The normalized spacial score (nSPS) is 11.8. The summed E-state index contributed by atoms with van der Waals surface area (Å²) < 4.78 is 15.9. The zero-order valence-electron chi connectivity index (χ0n) is 11.2. The lowest BCUT2D eigenvalue weighted by Crippen LogP contribution is -2.14. The molecule has 0 saturated carbocycles. The van der Waals surface area contributed by atoms with Crippen molar-refractivity contribution in [2.45, 2.75) is 32.7 Å². The summed E-state index contributed by atoms with van der Waals surface area (Å²) in [6, 6.07) is 6.50. The van der Waals surface area contributed by atoms with Gasteiger partial charge in [0.2, 0.25) is 0 Å². The van der Waals surface area contributed by atoms with Crippen LogP contribution in [0.1, 0.15) is 32.0 Å². The van der Waals surface area contributed by atoms with Crippen LogP contribution in [-0.2, 0) is 12.0 Å². The van der Waals surface area contributed by atoms with Crippen LogP contribution in [0.3, 0.4) is 0 Å². The van der Waals surface area contributed by atoms with Gasteiger partial charge >= 0.3 is 0 Å². The highest BCUT2D eigenvalue weighted by Gasteiger charge is 2.24. The third-order valence-electron chi connectivity index (χ3n) is 2.86. The number of aromatic nitrogens is 2. The predicted octanol–water partition coefficient (Wildman–Crippen LogP) is 3.55. The molecular weight excluding hydrogens is 356 g/mol. The minimum atomic E-state index is -0.242. The predicted molar refractivity (Wildman–Crippen MR) is 83.6 cm³/mol. The monoisotopic (exact) mass is 373 g/mol. The Kier molecular flexibility index (Phi) is 3.85. The first-order valence-corrected chi connectivity index (χ1v) is 7.13. The summed E-state index contributed by atoms with van der Waals surface area (Å²) in [5.41, 5.74) is 7.85. The number of nitrogens with two attached hydrogens (primary N) is 1. The van der Waals surface area contributed by atoms with Crippen molar-refractivity contribution < 1.29 is 4.39 Å². The number of anilines is 1. The molecule has 1 aromatic carbocycles. The van der Waals surface area contributed by atoms with Gasteiger partial charge in [-0.3, -0.25) is 0 Å². The molecule has 0 bridgehead atoms. The molecule has 19 heavy (non-hydrogen) atoms. The minimum absolute atomic E-state index is 0.0577. The number of halogens is 2. The Morgan fingerprint density at radius 3 is 2.58 bits per heavy atom. The van der Waals surface area contributed by atoms with Gasteiger partial charge in [-0.2, -0.15) is 5.10 Å². The summed E-state index contributed by atoms with van der Waals surface area (Å²) in [6.45, 7) is 6.78. The van der Waals surface area contributed by atoms with Crippen molar-refractivity contribution in [3.8, 4) is 0 Å². The Morgan fingerprint density at radius 1 is 1.37 bits per heavy atom. The van der Waals surface area contributed by atoms with Crippen molar-refractivity contribution in [1.29, 1.82) is 0 Å². The van der Waals surface area contributed by atoms with Gasteiger partial charge in [0.05, 0.1) is 15.8 Å². The molecule has 1 aromatic heterocycles. The van der Waals surface area contributed by atoms with Crippen LogP contribution in [-0.4, -0.2) is 9.78 Å². The number of benzene rings is 1. The molecule has 2 N–H and O–H groups in total. The van der Waals surface area contributed by atoms with Gasteiger partial charge in [0.15, 0.2) is 0 Å². The van der Waals surface area contributed by atoms with E-state index < -0.39 is 0 Å². The van der Waals surface area contributed by atoms with Crippen LogP contribution >= 0.6 is 22.6 Å². The van der Waals surface area contributed by atoms with E-state index in [1.54, 1.807) is 10.7 Å². The second kappa shape index (κ2) is 5.11. The molecule has 2 rings (SSSR count). The fraction of sp³-hybridized carbons (Fsp3) is 0.357. The highest BCUT2D eigenvalue weighted by molar-refractivity contribution is 14.1. The molecule has 0 amide bonds. The van der Waals surface area contributed by atoms with E-state index in [-0.39, 0.29) is 11.2 Å². The van der Waals surface area contributed by atoms with Gasteiger partial charge in [-0.25, -0.2) is 9.07 Å². The maximum absolute atomic E-state index is 13.2. The molecule has 0 fully saturated rings. The summed E-state index contributed by atoms with van der Waals surface area (Å²) in [4.78, 5) is 0. The Hall–Kier alpha value is -1.11. The molecule has 0 spiro atoms. The van der Waals surface area contributed by atoms with E-state index in [1.165, 1.54) is 12.1 Å². The summed E-state index contributed by atoms with van der Waals surface area (Å²) in [7, 11) is 0. The highest BCUT2D eigenvalue weighted by Crippen LogP contribution is 2.30. The molecule has 0 aliphatic carbocycles. The lowest BCUT2D eigenvalue weighted by Gasteiger charge is -2.15. The van der Waals surface area contributed by atoms with Crippen LogP contribution in [0.2, 0.25) is 0 Å². The van der Waals surface area contributed by atoms with E-state index in [1.807, 2.05) is 6.07 Å². The smallest absolute Gasteiger partial charge is 0.135 e. The summed E-state index contributed by atoms with van der Waals surface area (Å²) in [5.74, 6) is 0.392. The second-order valence-electron chi connectivity index (χ2n) is 5.59. The number of nitrogens with zero attached hydrogens (tertiary/aromatic N) is 2. The number of hydrogen-bond acceptors (Lipinski definition) is 2. The van der Waals surface area contributed by atoms with E-state index in [2.05, 4.69) is 48.5 Å². The molecule has 3 nitrogen and oxygen atoms in total. The van der Waals surface area contributed by atoms with Gasteiger partial charge in [-0.15, -0.1) is 0 Å². The van der Waals surface area contributed by atoms with Crippen molar-refractivity contribution in [3.63, 3.8) is 0 Å². The van der Waals surface area contributed by atoms with E-state index in [4.69, 9.17) is 5.73 Å². The molecule has 0 unspecified atom stereocenters. The van der Waals surface area contributed by atoms with Crippen molar-refractivity contribution in [1.82, 2.24) is 9.78 Å². The maximum atomic E-state index is 13.2.